The number of hydrogen-bond donors (Lipinski definition) is 1. The number of hydrogen-bond acceptors (Lipinski definition) is 3. The fourth-order valence-electron chi connectivity index (χ4n) is 2.35. The summed E-state index contributed by atoms with van der Waals surface area (Å²) in [4.78, 5) is 4.46. The maximum atomic E-state index is 13.8. The Morgan fingerprint density at radius 1 is 1.25 bits per heavy atom. The maximum absolute atomic E-state index is 13.8. The van der Waals surface area contributed by atoms with E-state index in [-0.39, 0.29) is 11.9 Å². The average Bonchev–Trinajstić information content (AvgIpc) is 2.37. The summed E-state index contributed by atoms with van der Waals surface area (Å²) in [6.45, 7) is 8.74. The summed E-state index contributed by atoms with van der Waals surface area (Å²) in [5, 5.41) is 0. The molecule has 3 nitrogen and oxygen atoms in total. The van der Waals surface area contributed by atoms with E-state index in [9.17, 15) is 4.39 Å². The Morgan fingerprint density at radius 2 is 1.90 bits per heavy atom. The lowest BCUT2D eigenvalue weighted by Gasteiger charge is -2.28. The van der Waals surface area contributed by atoms with Gasteiger partial charge >= 0.3 is 0 Å². The van der Waals surface area contributed by atoms with E-state index in [0.717, 1.165) is 37.3 Å². The first kappa shape index (κ1) is 16.9. The minimum atomic E-state index is -0.176. The number of halogens is 1. The van der Waals surface area contributed by atoms with Gasteiger partial charge in [0.05, 0.1) is 0 Å². The molecule has 0 amide bonds. The van der Waals surface area contributed by atoms with Crippen molar-refractivity contribution in [1.29, 1.82) is 0 Å². The van der Waals surface area contributed by atoms with Gasteiger partial charge in [-0.15, -0.1) is 0 Å². The van der Waals surface area contributed by atoms with Crippen molar-refractivity contribution in [2.45, 2.75) is 33.2 Å². The molecular weight excluding hydrogens is 253 g/mol. The highest BCUT2D eigenvalue weighted by atomic mass is 19.1. The van der Waals surface area contributed by atoms with E-state index in [4.69, 9.17) is 5.73 Å². The van der Waals surface area contributed by atoms with E-state index in [0.29, 0.717) is 5.56 Å². The quantitative estimate of drug-likeness (QED) is 0.834. The van der Waals surface area contributed by atoms with Crippen LogP contribution in [0.2, 0.25) is 0 Å². The van der Waals surface area contributed by atoms with Gasteiger partial charge in [-0.2, -0.15) is 0 Å². The molecule has 20 heavy (non-hydrogen) atoms. The summed E-state index contributed by atoms with van der Waals surface area (Å²) in [7, 11) is 4.15. The Hall–Kier alpha value is -1.13. The largest absolute Gasteiger partial charge is 0.371 e. The fraction of sp³-hybridized carbons (Fsp3) is 0.625. The molecule has 0 heterocycles. The number of nitrogens with two attached hydrogens (primary N) is 1. The topological polar surface area (TPSA) is 32.5 Å². The van der Waals surface area contributed by atoms with Crippen molar-refractivity contribution >= 4 is 5.69 Å². The van der Waals surface area contributed by atoms with Crippen molar-refractivity contribution in [2.24, 2.45) is 5.73 Å². The van der Waals surface area contributed by atoms with Gasteiger partial charge in [-0.05, 0) is 71.1 Å². The van der Waals surface area contributed by atoms with Crippen LogP contribution in [-0.4, -0.2) is 38.6 Å². The van der Waals surface area contributed by atoms with Gasteiger partial charge in [0.15, 0.2) is 0 Å². The van der Waals surface area contributed by atoms with Gasteiger partial charge in [0.25, 0.3) is 0 Å². The van der Waals surface area contributed by atoms with Crippen molar-refractivity contribution in [3.8, 4) is 0 Å². The molecule has 114 valence electrons. The number of aryl methyl sites for hydroxylation is 1. The summed E-state index contributed by atoms with van der Waals surface area (Å²) < 4.78 is 13.8. The van der Waals surface area contributed by atoms with E-state index in [1.54, 1.807) is 13.0 Å². The molecule has 1 aromatic carbocycles. The van der Waals surface area contributed by atoms with Crippen molar-refractivity contribution < 1.29 is 4.39 Å². The zero-order valence-corrected chi connectivity index (χ0v) is 13.4. The van der Waals surface area contributed by atoms with Crippen LogP contribution in [0.4, 0.5) is 10.1 Å². The molecule has 0 aromatic heterocycles. The van der Waals surface area contributed by atoms with Crippen LogP contribution in [0.1, 0.15) is 37.4 Å². The van der Waals surface area contributed by atoms with Crippen molar-refractivity contribution in [2.75, 3.05) is 38.6 Å². The van der Waals surface area contributed by atoms with Crippen LogP contribution < -0.4 is 10.6 Å². The van der Waals surface area contributed by atoms with Crippen molar-refractivity contribution in [3.05, 3.63) is 29.1 Å². The first-order valence-electron chi connectivity index (χ1n) is 7.32. The van der Waals surface area contributed by atoms with Gasteiger partial charge in [0.1, 0.15) is 5.82 Å². The number of rotatable bonds is 7. The third kappa shape index (κ3) is 4.46. The highest BCUT2D eigenvalue weighted by Crippen LogP contribution is 2.28. The van der Waals surface area contributed by atoms with E-state index in [1.807, 2.05) is 13.0 Å². The van der Waals surface area contributed by atoms with Gasteiger partial charge in [0.2, 0.25) is 0 Å². The summed E-state index contributed by atoms with van der Waals surface area (Å²) in [5.41, 5.74) is 8.64. The molecule has 0 aliphatic heterocycles. The lowest BCUT2D eigenvalue weighted by atomic mass is 10.0. The third-order valence-electron chi connectivity index (χ3n) is 3.55. The summed E-state index contributed by atoms with van der Waals surface area (Å²) in [5.74, 6) is -0.176. The Labute approximate surface area is 122 Å². The molecule has 0 aliphatic rings. The van der Waals surface area contributed by atoms with Crippen LogP contribution in [0.3, 0.4) is 0 Å². The van der Waals surface area contributed by atoms with Gasteiger partial charge < -0.3 is 15.5 Å². The van der Waals surface area contributed by atoms with Gasteiger partial charge in [-0.1, -0.05) is 0 Å². The van der Waals surface area contributed by atoms with Crippen LogP contribution >= 0.6 is 0 Å². The smallest absolute Gasteiger partial charge is 0.126 e. The van der Waals surface area contributed by atoms with E-state index in [2.05, 4.69) is 30.8 Å². The second kappa shape index (κ2) is 7.60. The highest BCUT2D eigenvalue weighted by molar-refractivity contribution is 5.57. The predicted molar refractivity (Wildman–Crippen MR) is 84.8 cm³/mol. The standard InChI is InChI=1S/C16H28FN3/c1-6-20(9-7-8-19(4)5)16-10-12(2)15(17)11-14(16)13(3)18/h10-11,13H,6-9,18H2,1-5H3/t13-/m0/s1. The molecule has 2 N–H and O–H groups in total. The molecule has 1 rings (SSSR count). The van der Waals surface area contributed by atoms with Crippen LogP contribution in [0.5, 0.6) is 0 Å². The molecule has 0 spiro atoms. The Morgan fingerprint density at radius 3 is 2.40 bits per heavy atom. The second-order valence-electron chi connectivity index (χ2n) is 5.69. The van der Waals surface area contributed by atoms with Crippen LogP contribution in [-0.2, 0) is 0 Å². The predicted octanol–water partition coefficient (Wildman–Crippen LogP) is 2.93. The first-order valence-corrected chi connectivity index (χ1v) is 7.32. The monoisotopic (exact) mass is 281 g/mol. The number of anilines is 1. The molecule has 0 radical (unpaired) electrons. The normalized spacial score (nSPS) is 12.8. The van der Waals surface area contributed by atoms with E-state index >= 15 is 0 Å². The minimum absolute atomic E-state index is 0.164. The minimum Gasteiger partial charge on any atom is -0.371 e. The van der Waals surface area contributed by atoms with Crippen LogP contribution in [0.15, 0.2) is 12.1 Å². The molecule has 0 saturated carbocycles. The number of benzene rings is 1. The molecule has 0 fully saturated rings. The van der Waals surface area contributed by atoms with Crippen molar-refractivity contribution in [3.63, 3.8) is 0 Å². The van der Waals surface area contributed by atoms with Gasteiger partial charge in [-0.3, -0.25) is 0 Å². The zero-order valence-electron chi connectivity index (χ0n) is 13.4. The lowest BCUT2D eigenvalue weighted by Crippen LogP contribution is -2.29. The average molecular weight is 281 g/mol. The molecule has 0 unspecified atom stereocenters. The molecule has 0 saturated heterocycles. The van der Waals surface area contributed by atoms with E-state index < -0.39 is 0 Å². The molecule has 4 heteroatoms. The number of nitrogens with zero attached hydrogens (tertiary/aromatic N) is 2. The SMILES string of the molecule is CCN(CCCN(C)C)c1cc(C)c(F)cc1[C@H](C)N. The summed E-state index contributed by atoms with van der Waals surface area (Å²) >= 11 is 0. The highest BCUT2D eigenvalue weighted by Gasteiger charge is 2.15. The van der Waals surface area contributed by atoms with Gasteiger partial charge in [0, 0.05) is 24.8 Å². The zero-order chi connectivity index (χ0) is 15.3. The summed E-state index contributed by atoms with van der Waals surface area (Å²) in [6, 6.07) is 3.35. The third-order valence-corrected chi connectivity index (χ3v) is 3.55. The van der Waals surface area contributed by atoms with Crippen molar-refractivity contribution in [1.82, 2.24) is 4.90 Å². The molecule has 0 aliphatic carbocycles. The Bertz CT molecular complexity index is 430. The Kier molecular flexibility index (Phi) is 6.43. The van der Waals surface area contributed by atoms with E-state index in [1.165, 1.54) is 0 Å². The van der Waals surface area contributed by atoms with Crippen LogP contribution in [0.25, 0.3) is 0 Å². The molecular formula is C16H28FN3. The summed E-state index contributed by atoms with van der Waals surface area (Å²) in [6.07, 6.45) is 1.08. The van der Waals surface area contributed by atoms with Gasteiger partial charge in [-0.25, -0.2) is 4.39 Å². The molecule has 1 aromatic rings. The Balaban J connectivity index is 2.98. The lowest BCUT2D eigenvalue weighted by molar-refractivity contribution is 0.400. The second-order valence-corrected chi connectivity index (χ2v) is 5.69. The molecule has 0 bridgehead atoms. The fourth-order valence-corrected chi connectivity index (χ4v) is 2.35. The van der Waals surface area contributed by atoms with Crippen LogP contribution in [0, 0.1) is 12.7 Å². The first-order chi connectivity index (χ1) is 9.36. The molecule has 1 atom stereocenters. The maximum Gasteiger partial charge on any atom is 0.126 e.